The second kappa shape index (κ2) is 11.6. The van der Waals surface area contributed by atoms with Crippen molar-refractivity contribution < 1.29 is 24.2 Å². The van der Waals surface area contributed by atoms with E-state index in [1.165, 1.54) is 0 Å². The summed E-state index contributed by atoms with van der Waals surface area (Å²) in [6.45, 7) is 12.3. The fourth-order valence-electron chi connectivity index (χ4n) is 6.83. The molecule has 0 saturated carbocycles. The van der Waals surface area contributed by atoms with Gasteiger partial charge in [-0.25, -0.2) is 0 Å². The zero-order valence-electron chi connectivity index (χ0n) is 23.4. The van der Waals surface area contributed by atoms with Crippen LogP contribution in [-0.2, 0) is 19.1 Å². The molecule has 1 aromatic carbocycles. The van der Waals surface area contributed by atoms with Gasteiger partial charge in [0, 0.05) is 31.0 Å². The first kappa shape index (κ1) is 28.4. The quantitative estimate of drug-likeness (QED) is 0.385. The molecule has 3 amide bonds. The number of fused-ring (bicyclic) bond motifs is 1. The second-order valence-electron chi connectivity index (χ2n) is 11.3. The topological polar surface area (TPSA) is 111 Å². The summed E-state index contributed by atoms with van der Waals surface area (Å²) in [5.74, 6) is -1.95. The van der Waals surface area contributed by atoms with Gasteiger partial charge in [-0.2, -0.15) is 0 Å². The number of nitrogens with zero attached hydrogens (tertiary/aromatic N) is 2. The van der Waals surface area contributed by atoms with E-state index in [1.54, 1.807) is 4.90 Å². The van der Waals surface area contributed by atoms with Crippen LogP contribution in [0.15, 0.2) is 24.3 Å². The number of nitrogens with one attached hydrogen (secondary N) is 2. The molecule has 38 heavy (non-hydrogen) atoms. The van der Waals surface area contributed by atoms with Gasteiger partial charge < -0.3 is 30.3 Å². The molecule has 0 radical (unpaired) electrons. The summed E-state index contributed by atoms with van der Waals surface area (Å²) >= 11 is 0. The van der Waals surface area contributed by atoms with Crippen molar-refractivity contribution >= 4 is 29.1 Å². The van der Waals surface area contributed by atoms with Crippen LogP contribution in [0.2, 0.25) is 0 Å². The van der Waals surface area contributed by atoms with Crippen LogP contribution in [0.5, 0.6) is 0 Å². The number of hydrogen-bond acceptors (Lipinski definition) is 6. The number of aliphatic hydroxyl groups is 1. The first-order chi connectivity index (χ1) is 18.2. The summed E-state index contributed by atoms with van der Waals surface area (Å²) in [6.07, 6.45) is 2.10. The molecular formula is C29H44N4O5. The van der Waals surface area contributed by atoms with E-state index < -0.39 is 29.5 Å². The Morgan fingerprint density at radius 3 is 2.42 bits per heavy atom. The predicted molar refractivity (Wildman–Crippen MR) is 147 cm³/mol. The fraction of sp³-hybridized carbons (Fsp3) is 0.690. The number of rotatable bonds is 12. The molecule has 1 spiro atoms. The maximum atomic E-state index is 14.1. The van der Waals surface area contributed by atoms with E-state index in [-0.39, 0.29) is 36.4 Å². The number of hydrogen-bond donors (Lipinski definition) is 3. The van der Waals surface area contributed by atoms with Crippen molar-refractivity contribution in [3.05, 3.63) is 24.3 Å². The minimum absolute atomic E-state index is 0.186. The number of carbonyl (C=O) groups excluding carboxylic acids is 3. The average molecular weight is 529 g/mol. The van der Waals surface area contributed by atoms with Gasteiger partial charge in [-0.15, -0.1) is 0 Å². The summed E-state index contributed by atoms with van der Waals surface area (Å²) in [5, 5.41) is 16.3. The van der Waals surface area contributed by atoms with Crippen LogP contribution >= 0.6 is 0 Å². The van der Waals surface area contributed by atoms with E-state index in [0.29, 0.717) is 31.5 Å². The van der Waals surface area contributed by atoms with Crippen LogP contribution in [0, 0.1) is 17.8 Å². The number of amides is 3. The molecule has 6 atom stereocenters. The zero-order valence-corrected chi connectivity index (χ0v) is 23.4. The Morgan fingerprint density at radius 1 is 1.16 bits per heavy atom. The van der Waals surface area contributed by atoms with E-state index in [1.807, 2.05) is 45.0 Å². The summed E-state index contributed by atoms with van der Waals surface area (Å²) < 4.78 is 6.48. The van der Waals surface area contributed by atoms with E-state index >= 15 is 0 Å². The van der Waals surface area contributed by atoms with E-state index in [4.69, 9.17) is 4.74 Å². The first-order valence-corrected chi connectivity index (χ1v) is 14.3. The number of ether oxygens (including phenoxy) is 1. The lowest BCUT2D eigenvalue weighted by molar-refractivity contribution is -0.144. The Morgan fingerprint density at radius 2 is 1.84 bits per heavy atom. The maximum Gasteiger partial charge on any atom is 0.250 e. The highest BCUT2D eigenvalue weighted by molar-refractivity contribution is 6.03. The van der Waals surface area contributed by atoms with Gasteiger partial charge >= 0.3 is 0 Å². The lowest BCUT2D eigenvalue weighted by Gasteiger charge is -2.37. The Labute approximate surface area is 226 Å². The molecule has 3 saturated heterocycles. The number of carbonyl (C=O) groups is 3. The molecule has 2 unspecified atom stereocenters. The van der Waals surface area contributed by atoms with Crippen molar-refractivity contribution in [1.82, 2.24) is 10.2 Å². The molecular weight excluding hydrogens is 484 g/mol. The maximum absolute atomic E-state index is 14.1. The Balaban J connectivity index is 1.67. The van der Waals surface area contributed by atoms with Gasteiger partial charge in [-0.1, -0.05) is 20.8 Å². The fourth-order valence-corrected chi connectivity index (χ4v) is 6.83. The molecule has 210 valence electrons. The average Bonchev–Trinajstić information content (AvgIpc) is 3.54. The molecule has 3 heterocycles. The van der Waals surface area contributed by atoms with Gasteiger partial charge in [0.1, 0.15) is 11.6 Å². The third kappa shape index (κ3) is 4.91. The Bertz CT molecular complexity index is 1010. The summed E-state index contributed by atoms with van der Waals surface area (Å²) in [4.78, 5) is 45.0. The minimum Gasteiger partial charge on any atom is -0.394 e. The highest BCUT2D eigenvalue weighted by atomic mass is 16.5. The van der Waals surface area contributed by atoms with E-state index in [9.17, 15) is 19.5 Å². The lowest BCUT2D eigenvalue weighted by atomic mass is 9.70. The van der Waals surface area contributed by atoms with Gasteiger partial charge in [-0.05, 0) is 69.7 Å². The summed E-state index contributed by atoms with van der Waals surface area (Å²) in [7, 11) is 0. The van der Waals surface area contributed by atoms with Crippen molar-refractivity contribution in [2.75, 3.05) is 36.5 Å². The number of benzene rings is 1. The SMILES string of the molecule is CCCNC(=O)[C@@H]1[C@H]2C(=O)N([C@@H](CO)CC(C)C)C(C(=O)Nc3ccc(N(CC)CC)cc3)C23CC[C@H]1O3. The molecule has 0 aliphatic carbocycles. The van der Waals surface area contributed by atoms with Crippen molar-refractivity contribution in [1.29, 1.82) is 0 Å². The highest BCUT2D eigenvalue weighted by Crippen LogP contribution is 2.59. The molecule has 3 fully saturated rings. The van der Waals surface area contributed by atoms with Crippen LogP contribution in [0.4, 0.5) is 11.4 Å². The van der Waals surface area contributed by atoms with Crippen LogP contribution in [-0.4, -0.2) is 77.8 Å². The van der Waals surface area contributed by atoms with E-state index in [0.717, 1.165) is 25.2 Å². The van der Waals surface area contributed by atoms with Gasteiger partial charge in [0.15, 0.2) is 0 Å². The molecule has 3 aliphatic heterocycles. The Hall–Kier alpha value is -2.65. The molecule has 9 heteroatoms. The predicted octanol–water partition coefficient (Wildman–Crippen LogP) is 2.78. The first-order valence-electron chi connectivity index (χ1n) is 14.3. The normalized spacial score (nSPS) is 28.5. The van der Waals surface area contributed by atoms with Crippen molar-refractivity contribution in [3.63, 3.8) is 0 Å². The standard InChI is InChI=1S/C29H44N4O5/c1-6-15-30-26(35)23-22-13-14-29(38-22)24(23)28(37)33(21(17-34)16-18(4)5)25(29)27(36)31-19-9-11-20(12-10-19)32(7-2)8-3/h9-12,18,21-25,34H,6-8,13-17H2,1-5H3,(H,30,35)(H,31,36)/t21-,22-,23+,24+,25?,29?/m1/s1. The van der Waals surface area contributed by atoms with E-state index in [2.05, 4.69) is 29.4 Å². The number of likely N-dealkylation sites (tertiary alicyclic amines) is 1. The molecule has 3 N–H and O–H groups in total. The second-order valence-corrected chi connectivity index (χ2v) is 11.3. The largest absolute Gasteiger partial charge is 0.394 e. The Kier molecular flexibility index (Phi) is 8.67. The van der Waals surface area contributed by atoms with Crippen LogP contribution in [0.25, 0.3) is 0 Å². The summed E-state index contributed by atoms with van der Waals surface area (Å²) in [6, 6.07) is 6.23. The van der Waals surface area contributed by atoms with Gasteiger partial charge in [-0.3, -0.25) is 14.4 Å². The number of anilines is 2. The third-order valence-corrected chi connectivity index (χ3v) is 8.45. The van der Waals surface area contributed by atoms with Gasteiger partial charge in [0.2, 0.25) is 17.7 Å². The molecule has 0 aromatic heterocycles. The highest BCUT2D eigenvalue weighted by Gasteiger charge is 2.75. The number of aliphatic hydroxyl groups excluding tert-OH is 1. The third-order valence-electron chi connectivity index (χ3n) is 8.45. The molecule has 1 aromatic rings. The molecule has 9 nitrogen and oxygen atoms in total. The van der Waals surface area contributed by atoms with Gasteiger partial charge in [0.25, 0.3) is 0 Å². The zero-order chi connectivity index (χ0) is 27.6. The monoisotopic (exact) mass is 528 g/mol. The van der Waals surface area contributed by atoms with Crippen molar-refractivity contribution in [2.45, 2.75) is 84.1 Å². The van der Waals surface area contributed by atoms with Crippen LogP contribution in [0.3, 0.4) is 0 Å². The molecule has 3 aliphatic rings. The van der Waals surface area contributed by atoms with Crippen molar-refractivity contribution in [3.8, 4) is 0 Å². The minimum atomic E-state index is -1.08. The molecule has 2 bridgehead atoms. The van der Waals surface area contributed by atoms with Crippen LogP contribution < -0.4 is 15.5 Å². The van der Waals surface area contributed by atoms with Crippen molar-refractivity contribution in [2.24, 2.45) is 17.8 Å². The van der Waals surface area contributed by atoms with Gasteiger partial charge in [0.05, 0.1) is 30.6 Å². The summed E-state index contributed by atoms with van der Waals surface area (Å²) in [5.41, 5.74) is 0.624. The smallest absolute Gasteiger partial charge is 0.250 e. The lowest BCUT2D eigenvalue weighted by Crippen LogP contribution is -2.56. The molecule has 4 rings (SSSR count). The van der Waals surface area contributed by atoms with Crippen LogP contribution in [0.1, 0.15) is 60.3 Å².